The van der Waals surface area contributed by atoms with Gasteiger partial charge in [-0.05, 0) is 36.8 Å². The van der Waals surface area contributed by atoms with E-state index in [0.717, 1.165) is 19.4 Å². The summed E-state index contributed by atoms with van der Waals surface area (Å²) >= 11 is 1.66. The lowest BCUT2D eigenvalue weighted by Gasteiger charge is -2.39. The molecule has 0 aromatic carbocycles. The summed E-state index contributed by atoms with van der Waals surface area (Å²) in [6.07, 6.45) is 1.81. The molecule has 20 heavy (non-hydrogen) atoms. The first-order chi connectivity index (χ1) is 9.70. The average Bonchev–Trinajstić information content (AvgIpc) is 2.92. The molecule has 0 radical (unpaired) electrons. The maximum Gasteiger partial charge on any atom is 0.0900 e. The number of thiophene rings is 1. The van der Waals surface area contributed by atoms with Crippen LogP contribution in [0.25, 0.3) is 0 Å². The third-order valence-corrected chi connectivity index (χ3v) is 4.85. The maximum atomic E-state index is 10.1. The molecule has 0 spiro atoms. The first kappa shape index (κ1) is 15.9. The van der Waals surface area contributed by atoms with Gasteiger partial charge in [-0.1, -0.05) is 13.0 Å². The van der Waals surface area contributed by atoms with Crippen LogP contribution in [0.2, 0.25) is 0 Å². The molecule has 0 aliphatic carbocycles. The van der Waals surface area contributed by atoms with Crippen molar-refractivity contribution >= 4 is 11.3 Å². The molecule has 1 saturated heterocycles. The van der Waals surface area contributed by atoms with Gasteiger partial charge in [0.2, 0.25) is 0 Å². The van der Waals surface area contributed by atoms with Crippen LogP contribution in [0.3, 0.4) is 0 Å². The normalized spacial score (nSPS) is 25.8. The molecule has 5 heteroatoms. The number of piperidine rings is 1. The molecule has 1 aromatic heterocycles. The van der Waals surface area contributed by atoms with E-state index in [1.807, 2.05) is 17.5 Å². The number of ether oxygens (including phenoxy) is 1. The Morgan fingerprint density at radius 2 is 2.40 bits per heavy atom. The Bertz CT molecular complexity index is 371. The van der Waals surface area contributed by atoms with Crippen molar-refractivity contribution in [1.82, 2.24) is 4.90 Å². The maximum absolute atomic E-state index is 10.1. The van der Waals surface area contributed by atoms with E-state index in [9.17, 15) is 10.2 Å². The standard InChI is InChI=1S/C15H25NO3S/c1-12-4-2-6-16(15(12)9-17)8-13(18)10-19-11-14-5-3-7-20-14/h3,5,7,12-13,15,17-18H,2,4,6,8-11H2,1H3. The number of aliphatic hydroxyl groups is 2. The lowest BCUT2D eigenvalue weighted by molar-refractivity contribution is -0.0209. The largest absolute Gasteiger partial charge is 0.395 e. The monoisotopic (exact) mass is 299 g/mol. The van der Waals surface area contributed by atoms with Crippen molar-refractivity contribution < 1.29 is 14.9 Å². The second kappa shape index (κ2) is 8.10. The van der Waals surface area contributed by atoms with Crippen LogP contribution in [0.1, 0.15) is 24.6 Å². The molecule has 2 heterocycles. The molecular weight excluding hydrogens is 274 g/mol. The quantitative estimate of drug-likeness (QED) is 0.805. The topological polar surface area (TPSA) is 52.9 Å². The molecule has 2 N–H and O–H groups in total. The molecule has 4 nitrogen and oxygen atoms in total. The number of rotatable bonds is 7. The van der Waals surface area contributed by atoms with Gasteiger partial charge in [0.05, 0.1) is 25.9 Å². The summed E-state index contributed by atoms with van der Waals surface area (Å²) in [7, 11) is 0. The van der Waals surface area contributed by atoms with Crippen LogP contribution in [0.5, 0.6) is 0 Å². The van der Waals surface area contributed by atoms with Gasteiger partial charge in [-0.2, -0.15) is 0 Å². The van der Waals surface area contributed by atoms with Crippen LogP contribution in [0.4, 0.5) is 0 Å². The fraction of sp³-hybridized carbons (Fsp3) is 0.733. The van der Waals surface area contributed by atoms with Crippen LogP contribution < -0.4 is 0 Å². The number of aliphatic hydroxyl groups excluding tert-OH is 2. The third kappa shape index (κ3) is 4.53. The summed E-state index contributed by atoms with van der Waals surface area (Å²) in [4.78, 5) is 3.38. The van der Waals surface area contributed by atoms with Crippen molar-refractivity contribution in [3.63, 3.8) is 0 Å². The average molecular weight is 299 g/mol. The zero-order valence-corrected chi connectivity index (χ0v) is 12.9. The minimum atomic E-state index is -0.491. The molecule has 0 amide bonds. The van der Waals surface area contributed by atoms with Crippen LogP contribution in [-0.2, 0) is 11.3 Å². The van der Waals surface area contributed by atoms with Crippen molar-refractivity contribution in [3.05, 3.63) is 22.4 Å². The second-order valence-corrected chi connectivity index (χ2v) is 6.64. The molecule has 2 rings (SSSR count). The zero-order chi connectivity index (χ0) is 14.4. The van der Waals surface area contributed by atoms with E-state index in [4.69, 9.17) is 4.74 Å². The first-order valence-electron chi connectivity index (χ1n) is 7.33. The van der Waals surface area contributed by atoms with E-state index in [0.29, 0.717) is 25.7 Å². The Labute approximate surface area is 125 Å². The van der Waals surface area contributed by atoms with E-state index in [2.05, 4.69) is 11.8 Å². The minimum Gasteiger partial charge on any atom is -0.395 e. The summed E-state index contributed by atoms with van der Waals surface area (Å²) in [5.41, 5.74) is 0. The first-order valence-corrected chi connectivity index (χ1v) is 8.21. The molecular formula is C15H25NO3S. The predicted octanol–water partition coefficient (Wildman–Crippen LogP) is 1.72. The van der Waals surface area contributed by atoms with Crippen molar-refractivity contribution in [2.45, 2.75) is 38.5 Å². The van der Waals surface area contributed by atoms with Gasteiger partial charge in [0.25, 0.3) is 0 Å². The Balaban J connectivity index is 1.71. The highest BCUT2D eigenvalue weighted by Gasteiger charge is 2.28. The lowest BCUT2D eigenvalue weighted by Crippen LogP contribution is -2.50. The van der Waals surface area contributed by atoms with Gasteiger partial charge in [0.15, 0.2) is 0 Å². The van der Waals surface area contributed by atoms with Crippen molar-refractivity contribution in [2.75, 3.05) is 26.3 Å². The van der Waals surface area contributed by atoms with Gasteiger partial charge in [-0.25, -0.2) is 0 Å². The number of β-amino-alcohol motifs (C(OH)–C–C–N with tert-alkyl or cyclic N) is 1. The molecule has 1 fully saturated rings. The van der Waals surface area contributed by atoms with E-state index < -0.39 is 6.10 Å². The Hall–Kier alpha value is -0.460. The minimum absolute atomic E-state index is 0.171. The van der Waals surface area contributed by atoms with E-state index in [1.165, 1.54) is 4.88 Å². The summed E-state index contributed by atoms with van der Waals surface area (Å²) in [6.45, 7) is 4.80. The van der Waals surface area contributed by atoms with Crippen LogP contribution in [0, 0.1) is 5.92 Å². The smallest absolute Gasteiger partial charge is 0.0900 e. The molecule has 1 aliphatic heterocycles. The van der Waals surface area contributed by atoms with E-state index in [1.54, 1.807) is 11.3 Å². The molecule has 3 unspecified atom stereocenters. The second-order valence-electron chi connectivity index (χ2n) is 5.61. The Morgan fingerprint density at radius 3 is 3.10 bits per heavy atom. The highest BCUT2D eigenvalue weighted by Crippen LogP contribution is 2.23. The van der Waals surface area contributed by atoms with Gasteiger partial charge in [0, 0.05) is 17.5 Å². The molecule has 3 atom stereocenters. The molecule has 0 bridgehead atoms. The van der Waals surface area contributed by atoms with Gasteiger partial charge in [-0.3, -0.25) is 4.90 Å². The molecule has 1 aromatic rings. The number of hydrogen-bond donors (Lipinski definition) is 2. The van der Waals surface area contributed by atoms with Crippen LogP contribution >= 0.6 is 11.3 Å². The number of likely N-dealkylation sites (tertiary alicyclic amines) is 1. The van der Waals surface area contributed by atoms with Crippen LogP contribution in [0.15, 0.2) is 17.5 Å². The molecule has 1 aliphatic rings. The predicted molar refractivity (Wildman–Crippen MR) is 80.8 cm³/mol. The Morgan fingerprint density at radius 1 is 1.55 bits per heavy atom. The van der Waals surface area contributed by atoms with Gasteiger partial charge >= 0.3 is 0 Å². The van der Waals surface area contributed by atoms with Gasteiger partial charge < -0.3 is 14.9 Å². The fourth-order valence-electron chi connectivity index (χ4n) is 2.87. The number of nitrogens with zero attached hydrogens (tertiary/aromatic N) is 1. The lowest BCUT2D eigenvalue weighted by atomic mass is 9.91. The van der Waals surface area contributed by atoms with Crippen molar-refractivity contribution in [2.24, 2.45) is 5.92 Å². The summed E-state index contributed by atoms with van der Waals surface area (Å²) in [5, 5.41) is 21.6. The highest BCUT2D eigenvalue weighted by atomic mass is 32.1. The summed E-state index contributed by atoms with van der Waals surface area (Å²) < 4.78 is 5.55. The van der Waals surface area contributed by atoms with Crippen molar-refractivity contribution in [1.29, 1.82) is 0 Å². The zero-order valence-electron chi connectivity index (χ0n) is 12.1. The SMILES string of the molecule is CC1CCCN(CC(O)COCc2cccs2)C1CO. The molecule has 0 saturated carbocycles. The Kier molecular flexibility index (Phi) is 6.45. The van der Waals surface area contributed by atoms with E-state index >= 15 is 0 Å². The van der Waals surface area contributed by atoms with Gasteiger partial charge in [0.1, 0.15) is 0 Å². The summed E-state index contributed by atoms with van der Waals surface area (Å²) in [5.74, 6) is 0.494. The molecule has 114 valence electrons. The third-order valence-electron chi connectivity index (χ3n) is 4.00. The van der Waals surface area contributed by atoms with E-state index in [-0.39, 0.29) is 12.6 Å². The number of hydrogen-bond acceptors (Lipinski definition) is 5. The fourth-order valence-corrected chi connectivity index (χ4v) is 3.51. The van der Waals surface area contributed by atoms with Gasteiger partial charge in [-0.15, -0.1) is 11.3 Å². The van der Waals surface area contributed by atoms with Crippen molar-refractivity contribution in [3.8, 4) is 0 Å². The van der Waals surface area contributed by atoms with Crippen LogP contribution in [-0.4, -0.2) is 53.6 Å². The highest BCUT2D eigenvalue weighted by molar-refractivity contribution is 7.09. The summed E-state index contributed by atoms with van der Waals surface area (Å²) in [6, 6.07) is 4.21.